The molecule has 0 spiro atoms. The molecule has 6 nitrogen and oxygen atoms in total. The highest BCUT2D eigenvalue weighted by atomic mass is 16.5. The maximum atomic E-state index is 11.5. The van der Waals surface area contributed by atoms with Crippen molar-refractivity contribution in [1.82, 2.24) is 15.8 Å². The summed E-state index contributed by atoms with van der Waals surface area (Å²) in [4.78, 5) is 11.5. The van der Waals surface area contributed by atoms with Gasteiger partial charge in [-0.2, -0.15) is 0 Å². The van der Waals surface area contributed by atoms with Gasteiger partial charge in [-0.15, -0.1) is 0 Å². The number of nitrogens with one attached hydrogen (secondary N) is 2. The lowest BCUT2D eigenvalue weighted by molar-refractivity contribution is -0.123. The van der Waals surface area contributed by atoms with Crippen molar-refractivity contribution in [3.63, 3.8) is 0 Å². The number of rotatable bonds is 7. The summed E-state index contributed by atoms with van der Waals surface area (Å²) in [6.45, 7) is 3.34. The number of carbonyl (C=O) groups excluding carboxylic acids is 1. The van der Waals surface area contributed by atoms with E-state index >= 15 is 0 Å². The van der Waals surface area contributed by atoms with E-state index < -0.39 is 0 Å². The maximum Gasteiger partial charge on any atom is 0.236 e. The number of amides is 1. The van der Waals surface area contributed by atoms with Gasteiger partial charge in [-0.1, -0.05) is 5.16 Å². The molecule has 0 fully saturated rings. The fraction of sp³-hybridized carbons (Fsp3) is 0.600. The molecule has 90 valence electrons. The number of nitrogens with zero attached hydrogens (tertiary/aromatic N) is 1. The monoisotopic (exact) mass is 227 g/mol. The predicted molar refractivity (Wildman–Crippen MR) is 57.7 cm³/mol. The Balaban J connectivity index is 2.18. The Morgan fingerprint density at radius 2 is 2.50 bits per heavy atom. The molecular formula is C10H17N3O3. The van der Waals surface area contributed by atoms with E-state index in [1.807, 2.05) is 0 Å². The van der Waals surface area contributed by atoms with Gasteiger partial charge in [-0.3, -0.25) is 4.79 Å². The number of carbonyl (C=O) groups is 1. The molecule has 0 radical (unpaired) electrons. The Kier molecular flexibility index (Phi) is 5.52. The molecule has 1 heterocycles. The van der Waals surface area contributed by atoms with E-state index in [1.54, 1.807) is 20.1 Å². The van der Waals surface area contributed by atoms with Crippen molar-refractivity contribution < 1.29 is 14.1 Å². The second kappa shape index (κ2) is 6.97. The lowest BCUT2D eigenvalue weighted by Crippen LogP contribution is -2.42. The van der Waals surface area contributed by atoms with Gasteiger partial charge in [0.05, 0.1) is 18.3 Å². The average molecular weight is 227 g/mol. The van der Waals surface area contributed by atoms with E-state index in [9.17, 15) is 4.79 Å². The first-order valence-corrected chi connectivity index (χ1v) is 5.13. The van der Waals surface area contributed by atoms with Crippen LogP contribution in [0.4, 0.5) is 0 Å². The molecule has 6 heteroatoms. The van der Waals surface area contributed by atoms with Crippen LogP contribution in [0.3, 0.4) is 0 Å². The van der Waals surface area contributed by atoms with Crippen molar-refractivity contribution in [3.8, 4) is 0 Å². The predicted octanol–water partition coefficient (Wildman–Crippen LogP) is -0.0847. The molecule has 1 rings (SSSR count). The SMILES string of the molecule is COCCNC(=O)C(C)NCc1ccon1. The molecule has 1 unspecified atom stereocenters. The van der Waals surface area contributed by atoms with Gasteiger partial charge >= 0.3 is 0 Å². The van der Waals surface area contributed by atoms with Crippen LogP contribution in [0.15, 0.2) is 16.9 Å². The summed E-state index contributed by atoms with van der Waals surface area (Å²) in [5.41, 5.74) is 0.775. The molecule has 0 aliphatic heterocycles. The summed E-state index contributed by atoms with van der Waals surface area (Å²) in [7, 11) is 1.60. The molecule has 1 atom stereocenters. The van der Waals surface area contributed by atoms with Gasteiger partial charge < -0.3 is 19.9 Å². The second-order valence-corrected chi connectivity index (χ2v) is 3.38. The quantitative estimate of drug-likeness (QED) is 0.637. The minimum absolute atomic E-state index is 0.0551. The lowest BCUT2D eigenvalue weighted by atomic mass is 10.3. The molecular weight excluding hydrogens is 210 g/mol. The number of hydrogen-bond acceptors (Lipinski definition) is 5. The molecule has 16 heavy (non-hydrogen) atoms. The smallest absolute Gasteiger partial charge is 0.236 e. The van der Waals surface area contributed by atoms with E-state index in [1.165, 1.54) is 6.26 Å². The first-order chi connectivity index (χ1) is 7.74. The second-order valence-electron chi connectivity index (χ2n) is 3.38. The van der Waals surface area contributed by atoms with Crippen molar-refractivity contribution in [2.24, 2.45) is 0 Å². The van der Waals surface area contributed by atoms with E-state index in [-0.39, 0.29) is 11.9 Å². The van der Waals surface area contributed by atoms with Crippen molar-refractivity contribution in [2.75, 3.05) is 20.3 Å². The van der Waals surface area contributed by atoms with Gasteiger partial charge in [0.15, 0.2) is 0 Å². The van der Waals surface area contributed by atoms with Crippen LogP contribution in [0.5, 0.6) is 0 Å². The Labute approximate surface area is 94.3 Å². The van der Waals surface area contributed by atoms with E-state index in [0.717, 1.165) is 5.69 Å². The first-order valence-electron chi connectivity index (χ1n) is 5.13. The van der Waals surface area contributed by atoms with Crippen molar-refractivity contribution in [3.05, 3.63) is 18.0 Å². The summed E-state index contributed by atoms with van der Waals surface area (Å²) < 4.78 is 9.51. The normalized spacial score (nSPS) is 12.4. The molecule has 1 amide bonds. The Bertz CT molecular complexity index is 300. The number of methoxy groups -OCH3 is 1. The van der Waals surface area contributed by atoms with E-state index in [0.29, 0.717) is 19.7 Å². The molecule has 0 saturated heterocycles. The largest absolute Gasteiger partial charge is 0.383 e. The fourth-order valence-electron chi connectivity index (χ4n) is 1.11. The molecule has 0 aliphatic rings. The van der Waals surface area contributed by atoms with Gasteiger partial charge in [0.2, 0.25) is 5.91 Å². The molecule has 1 aromatic heterocycles. The van der Waals surface area contributed by atoms with Crippen molar-refractivity contribution in [2.45, 2.75) is 19.5 Å². The maximum absolute atomic E-state index is 11.5. The zero-order valence-electron chi connectivity index (χ0n) is 9.53. The summed E-state index contributed by atoms with van der Waals surface area (Å²) in [6, 6.07) is 1.48. The van der Waals surface area contributed by atoms with E-state index in [2.05, 4.69) is 20.3 Å². The minimum Gasteiger partial charge on any atom is -0.383 e. The van der Waals surface area contributed by atoms with Crippen molar-refractivity contribution in [1.29, 1.82) is 0 Å². The van der Waals surface area contributed by atoms with Crippen LogP contribution in [-0.4, -0.2) is 37.4 Å². The average Bonchev–Trinajstić information content (AvgIpc) is 2.79. The lowest BCUT2D eigenvalue weighted by Gasteiger charge is -2.12. The van der Waals surface area contributed by atoms with Gasteiger partial charge in [0.1, 0.15) is 6.26 Å². The zero-order chi connectivity index (χ0) is 11.8. The third kappa shape index (κ3) is 4.41. The van der Waals surface area contributed by atoms with E-state index in [4.69, 9.17) is 4.74 Å². The highest BCUT2D eigenvalue weighted by molar-refractivity contribution is 5.81. The third-order valence-electron chi connectivity index (χ3n) is 2.08. The van der Waals surface area contributed by atoms with Crippen LogP contribution in [-0.2, 0) is 16.1 Å². The number of aromatic nitrogens is 1. The summed E-state index contributed by atoms with van der Waals surface area (Å²) in [6.07, 6.45) is 1.50. The Morgan fingerprint density at radius 3 is 3.12 bits per heavy atom. The fourth-order valence-corrected chi connectivity index (χ4v) is 1.11. The summed E-state index contributed by atoms with van der Waals surface area (Å²) >= 11 is 0. The van der Waals surface area contributed by atoms with Crippen LogP contribution < -0.4 is 10.6 Å². The molecule has 1 aromatic rings. The topological polar surface area (TPSA) is 76.4 Å². The van der Waals surface area contributed by atoms with Gasteiger partial charge in [0, 0.05) is 26.3 Å². The third-order valence-corrected chi connectivity index (χ3v) is 2.08. The van der Waals surface area contributed by atoms with Gasteiger partial charge in [-0.05, 0) is 6.92 Å². The van der Waals surface area contributed by atoms with Crippen LogP contribution in [0, 0.1) is 0 Å². The highest BCUT2D eigenvalue weighted by Gasteiger charge is 2.11. The van der Waals surface area contributed by atoms with Gasteiger partial charge in [0.25, 0.3) is 0 Å². The van der Waals surface area contributed by atoms with Gasteiger partial charge in [-0.25, -0.2) is 0 Å². The number of hydrogen-bond donors (Lipinski definition) is 2. The summed E-state index contributed by atoms with van der Waals surface area (Å²) in [5.74, 6) is -0.0551. The van der Waals surface area contributed by atoms with Crippen LogP contribution >= 0.6 is 0 Å². The molecule has 2 N–H and O–H groups in total. The minimum atomic E-state index is -0.270. The van der Waals surface area contributed by atoms with Crippen LogP contribution in [0.25, 0.3) is 0 Å². The highest BCUT2D eigenvalue weighted by Crippen LogP contribution is 1.94. The van der Waals surface area contributed by atoms with Crippen LogP contribution in [0.1, 0.15) is 12.6 Å². The Morgan fingerprint density at radius 1 is 1.69 bits per heavy atom. The molecule has 0 aliphatic carbocycles. The molecule has 0 bridgehead atoms. The Hall–Kier alpha value is -1.40. The molecule has 0 aromatic carbocycles. The summed E-state index contributed by atoms with van der Waals surface area (Å²) in [5, 5.41) is 9.51. The standard InChI is InChI=1S/C10H17N3O3/c1-8(10(14)11-4-6-15-2)12-7-9-3-5-16-13-9/h3,5,8,12H,4,6-7H2,1-2H3,(H,11,14). The zero-order valence-corrected chi connectivity index (χ0v) is 9.53. The molecule has 0 saturated carbocycles. The van der Waals surface area contributed by atoms with Crippen LogP contribution in [0.2, 0.25) is 0 Å². The number of ether oxygens (including phenoxy) is 1. The van der Waals surface area contributed by atoms with Crippen molar-refractivity contribution >= 4 is 5.91 Å². The first kappa shape index (κ1) is 12.7.